The lowest BCUT2D eigenvalue weighted by molar-refractivity contribution is -0.134. The van der Waals surface area contributed by atoms with Gasteiger partial charge in [0.25, 0.3) is 5.91 Å². The summed E-state index contributed by atoms with van der Waals surface area (Å²) in [5.41, 5.74) is 0. The minimum absolute atomic E-state index is 0.127. The predicted octanol–water partition coefficient (Wildman–Crippen LogP) is 1.47. The third kappa shape index (κ3) is 3.69. The van der Waals surface area contributed by atoms with Crippen LogP contribution in [0.25, 0.3) is 0 Å². The number of aliphatic imine (C=N–C) groups is 2. The SMILES string of the molecule is CC1CN2C=CN=C(N3CCN(C(=O)COc4ccc(F)c(F)c4)CC3)C2=N1. The largest absolute Gasteiger partial charge is 0.484 e. The second-order valence-electron chi connectivity index (χ2n) is 6.94. The van der Waals surface area contributed by atoms with Crippen LogP contribution in [0.5, 0.6) is 5.75 Å². The number of carbonyl (C=O) groups is 1. The van der Waals surface area contributed by atoms with Crippen molar-refractivity contribution in [1.29, 1.82) is 0 Å². The van der Waals surface area contributed by atoms with E-state index >= 15 is 0 Å². The fraction of sp³-hybridized carbons (Fsp3) is 0.421. The highest BCUT2D eigenvalue weighted by Gasteiger charge is 2.32. The summed E-state index contributed by atoms with van der Waals surface area (Å²) in [5, 5.41) is 0. The topological polar surface area (TPSA) is 60.7 Å². The smallest absolute Gasteiger partial charge is 0.260 e. The van der Waals surface area contributed by atoms with Crippen LogP contribution in [0.1, 0.15) is 6.92 Å². The number of carbonyl (C=O) groups excluding carboxylic acids is 1. The number of benzene rings is 1. The second-order valence-corrected chi connectivity index (χ2v) is 6.94. The van der Waals surface area contributed by atoms with E-state index in [0.717, 1.165) is 30.3 Å². The Balaban J connectivity index is 1.31. The highest BCUT2D eigenvalue weighted by Crippen LogP contribution is 2.18. The molecule has 3 heterocycles. The highest BCUT2D eigenvalue weighted by atomic mass is 19.2. The number of amidine groups is 2. The lowest BCUT2D eigenvalue weighted by Crippen LogP contribution is -2.54. The molecule has 0 N–H and O–H groups in total. The van der Waals surface area contributed by atoms with Crippen molar-refractivity contribution in [2.45, 2.75) is 13.0 Å². The zero-order valence-corrected chi connectivity index (χ0v) is 15.5. The van der Waals surface area contributed by atoms with E-state index in [9.17, 15) is 13.6 Å². The summed E-state index contributed by atoms with van der Waals surface area (Å²) in [6.07, 6.45) is 3.71. The standard InChI is InChI=1S/C19H21F2N5O2/c1-13-11-26-5-4-22-18(19(26)23-13)25-8-6-24(7-9-25)17(27)12-28-14-2-3-15(20)16(21)10-14/h2-5,10,13H,6-9,11-12H2,1H3. The molecule has 3 aliphatic heterocycles. The van der Waals surface area contributed by atoms with Gasteiger partial charge in [-0.25, -0.2) is 13.8 Å². The molecule has 1 fully saturated rings. The van der Waals surface area contributed by atoms with Crippen LogP contribution < -0.4 is 4.74 Å². The van der Waals surface area contributed by atoms with Crippen LogP contribution in [-0.2, 0) is 4.79 Å². The number of hydrogen-bond donors (Lipinski definition) is 0. The van der Waals surface area contributed by atoms with Gasteiger partial charge in [-0.15, -0.1) is 0 Å². The first-order valence-corrected chi connectivity index (χ1v) is 9.21. The van der Waals surface area contributed by atoms with Crippen LogP contribution in [0, 0.1) is 11.6 Å². The molecule has 28 heavy (non-hydrogen) atoms. The van der Waals surface area contributed by atoms with Crippen LogP contribution in [0.15, 0.2) is 40.6 Å². The van der Waals surface area contributed by atoms with Crippen molar-refractivity contribution in [3.63, 3.8) is 0 Å². The molecule has 9 heteroatoms. The quantitative estimate of drug-likeness (QED) is 0.786. The van der Waals surface area contributed by atoms with E-state index in [1.54, 1.807) is 11.1 Å². The van der Waals surface area contributed by atoms with E-state index in [4.69, 9.17) is 4.74 Å². The van der Waals surface area contributed by atoms with E-state index in [2.05, 4.69) is 26.7 Å². The molecule has 1 atom stereocenters. The van der Waals surface area contributed by atoms with Crippen LogP contribution in [0.3, 0.4) is 0 Å². The Kier molecular flexibility index (Phi) is 4.97. The maximum atomic E-state index is 13.2. The van der Waals surface area contributed by atoms with Gasteiger partial charge in [0.15, 0.2) is 29.9 Å². The van der Waals surface area contributed by atoms with E-state index < -0.39 is 11.6 Å². The molecule has 4 rings (SSSR count). The Morgan fingerprint density at radius 1 is 1.18 bits per heavy atom. The Bertz CT molecular complexity index is 862. The van der Waals surface area contributed by atoms with Gasteiger partial charge in [0.1, 0.15) is 5.75 Å². The van der Waals surface area contributed by atoms with Gasteiger partial charge in [0, 0.05) is 51.2 Å². The van der Waals surface area contributed by atoms with Gasteiger partial charge in [-0.05, 0) is 19.1 Å². The Hall–Kier alpha value is -2.97. The second kappa shape index (κ2) is 7.57. The molecule has 0 bridgehead atoms. The van der Waals surface area contributed by atoms with Crippen molar-refractivity contribution in [2.24, 2.45) is 9.98 Å². The molecular weight excluding hydrogens is 368 g/mol. The number of piperazine rings is 1. The lowest BCUT2D eigenvalue weighted by Gasteiger charge is -2.37. The number of fused-ring (bicyclic) bond motifs is 1. The Morgan fingerprint density at radius 2 is 1.96 bits per heavy atom. The molecule has 148 valence electrons. The van der Waals surface area contributed by atoms with Gasteiger partial charge in [-0.1, -0.05) is 0 Å². The number of amides is 1. The van der Waals surface area contributed by atoms with E-state index in [-0.39, 0.29) is 24.3 Å². The molecule has 0 aliphatic carbocycles. The number of rotatable bonds is 3. The van der Waals surface area contributed by atoms with Crippen molar-refractivity contribution in [3.05, 3.63) is 42.2 Å². The van der Waals surface area contributed by atoms with Crippen molar-refractivity contribution >= 4 is 17.6 Å². The molecule has 0 aromatic heterocycles. The van der Waals surface area contributed by atoms with Crippen LogP contribution in [-0.4, -0.2) is 77.7 Å². The van der Waals surface area contributed by atoms with Crippen molar-refractivity contribution in [3.8, 4) is 5.75 Å². The van der Waals surface area contributed by atoms with Gasteiger partial charge >= 0.3 is 0 Å². The Labute approximate surface area is 161 Å². The van der Waals surface area contributed by atoms with Crippen molar-refractivity contribution in [2.75, 3.05) is 39.3 Å². The van der Waals surface area contributed by atoms with Crippen molar-refractivity contribution < 1.29 is 18.3 Å². The van der Waals surface area contributed by atoms with Gasteiger partial charge in [0.2, 0.25) is 0 Å². The van der Waals surface area contributed by atoms with Gasteiger partial charge in [-0.3, -0.25) is 9.79 Å². The summed E-state index contributed by atoms with van der Waals surface area (Å²) in [6.45, 7) is 5.06. The van der Waals surface area contributed by atoms with Gasteiger partial charge in [-0.2, -0.15) is 0 Å². The zero-order chi connectivity index (χ0) is 19.7. The van der Waals surface area contributed by atoms with Crippen molar-refractivity contribution in [1.82, 2.24) is 14.7 Å². The fourth-order valence-corrected chi connectivity index (χ4v) is 3.45. The molecule has 1 aromatic carbocycles. The minimum Gasteiger partial charge on any atom is -0.484 e. The molecule has 3 aliphatic rings. The molecule has 0 spiro atoms. The maximum absolute atomic E-state index is 13.2. The normalized spacial score (nSPS) is 21.4. The summed E-state index contributed by atoms with van der Waals surface area (Å²) in [6, 6.07) is 3.44. The molecule has 7 nitrogen and oxygen atoms in total. The lowest BCUT2D eigenvalue weighted by atomic mass is 10.2. The number of hydrogen-bond acceptors (Lipinski definition) is 6. The average Bonchev–Trinajstić information content (AvgIpc) is 3.09. The Morgan fingerprint density at radius 3 is 2.71 bits per heavy atom. The van der Waals surface area contributed by atoms with Gasteiger partial charge < -0.3 is 19.4 Å². The highest BCUT2D eigenvalue weighted by molar-refractivity contribution is 6.41. The molecule has 1 amide bonds. The summed E-state index contributed by atoms with van der Waals surface area (Å²) >= 11 is 0. The van der Waals surface area contributed by atoms with Gasteiger partial charge in [0.05, 0.1) is 6.04 Å². The predicted molar refractivity (Wildman–Crippen MR) is 100 cm³/mol. The first-order valence-electron chi connectivity index (χ1n) is 9.21. The van der Waals surface area contributed by atoms with E-state index in [1.165, 1.54) is 6.07 Å². The summed E-state index contributed by atoms with van der Waals surface area (Å²) in [5.74, 6) is -0.284. The molecule has 1 saturated heterocycles. The van der Waals surface area contributed by atoms with Crippen LogP contribution in [0.2, 0.25) is 0 Å². The number of halogens is 2. The molecule has 0 saturated carbocycles. The minimum atomic E-state index is -1.00. The zero-order valence-electron chi connectivity index (χ0n) is 15.5. The molecule has 1 unspecified atom stereocenters. The number of ether oxygens (including phenoxy) is 1. The van der Waals surface area contributed by atoms with E-state index in [0.29, 0.717) is 26.2 Å². The molecule has 1 aromatic rings. The summed E-state index contributed by atoms with van der Waals surface area (Å²) in [7, 11) is 0. The van der Waals surface area contributed by atoms with Crippen LogP contribution >= 0.6 is 0 Å². The summed E-state index contributed by atoms with van der Waals surface area (Å²) in [4.78, 5) is 27.4. The van der Waals surface area contributed by atoms with E-state index in [1.807, 2.05) is 6.20 Å². The summed E-state index contributed by atoms with van der Waals surface area (Å²) < 4.78 is 31.5. The third-order valence-corrected chi connectivity index (χ3v) is 4.90. The maximum Gasteiger partial charge on any atom is 0.260 e. The van der Waals surface area contributed by atoms with Crippen LogP contribution in [0.4, 0.5) is 8.78 Å². The third-order valence-electron chi connectivity index (χ3n) is 4.90. The average molecular weight is 389 g/mol. The first kappa shape index (κ1) is 18.4. The molecule has 0 radical (unpaired) electrons. The monoisotopic (exact) mass is 389 g/mol. The molecular formula is C19H21F2N5O2. The number of nitrogens with zero attached hydrogens (tertiary/aromatic N) is 5. The fourth-order valence-electron chi connectivity index (χ4n) is 3.45. The first-order chi connectivity index (χ1) is 13.5.